The SMILES string of the molecule is COc1ccc(S(=O)(=O)C2=CC(C)CCC2)cc1N1CCN(C(=O)c2ccc(C)cc2C(F)(F)F)CC1. The van der Waals surface area contributed by atoms with Crippen LogP contribution in [0.3, 0.4) is 0 Å². The lowest BCUT2D eigenvalue weighted by molar-refractivity contribution is -0.138. The van der Waals surface area contributed by atoms with Crippen molar-refractivity contribution in [2.24, 2.45) is 5.92 Å². The van der Waals surface area contributed by atoms with Crippen molar-refractivity contribution in [3.05, 3.63) is 64.1 Å². The van der Waals surface area contributed by atoms with Gasteiger partial charge in [0.1, 0.15) is 5.75 Å². The molecule has 0 radical (unpaired) electrons. The Morgan fingerprint density at radius 2 is 1.76 bits per heavy atom. The molecule has 0 spiro atoms. The lowest BCUT2D eigenvalue weighted by atomic mass is 9.98. The van der Waals surface area contributed by atoms with E-state index in [1.807, 2.05) is 17.9 Å². The van der Waals surface area contributed by atoms with Gasteiger partial charge in [-0.3, -0.25) is 4.79 Å². The van der Waals surface area contributed by atoms with Gasteiger partial charge in [-0.15, -0.1) is 0 Å². The maximum atomic E-state index is 13.6. The predicted molar refractivity (Wildman–Crippen MR) is 136 cm³/mol. The van der Waals surface area contributed by atoms with Crippen LogP contribution in [0.25, 0.3) is 0 Å². The van der Waals surface area contributed by atoms with Gasteiger partial charge in [0.05, 0.1) is 28.8 Å². The number of halogens is 3. The van der Waals surface area contributed by atoms with Crippen molar-refractivity contribution in [3.63, 3.8) is 0 Å². The van der Waals surface area contributed by atoms with Crippen LogP contribution < -0.4 is 9.64 Å². The molecule has 1 amide bonds. The highest BCUT2D eigenvalue weighted by molar-refractivity contribution is 7.95. The largest absolute Gasteiger partial charge is 0.495 e. The average Bonchev–Trinajstić information content (AvgIpc) is 2.87. The van der Waals surface area contributed by atoms with E-state index in [1.165, 1.54) is 30.2 Å². The Kier molecular flexibility index (Phi) is 7.60. The third kappa shape index (κ3) is 5.63. The first-order valence-corrected chi connectivity index (χ1v) is 13.8. The maximum absolute atomic E-state index is 13.6. The van der Waals surface area contributed by atoms with Crippen LogP contribution in [0.2, 0.25) is 0 Å². The van der Waals surface area contributed by atoms with E-state index in [0.29, 0.717) is 41.4 Å². The number of rotatable bonds is 5. The van der Waals surface area contributed by atoms with E-state index < -0.39 is 27.5 Å². The summed E-state index contributed by atoms with van der Waals surface area (Å²) in [6.07, 6.45) is -0.518. The minimum Gasteiger partial charge on any atom is -0.495 e. The zero-order valence-corrected chi connectivity index (χ0v) is 22.0. The van der Waals surface area contributed by atoms with Crippen LogP contribution in [-0.2, 0) is 16.0 Å². The Hall–Kier alpha value is -3.01. The van der Waals surface area contributed by atoms with Crippen LogP contribution in [0.4, 0.5) is 18.9 Å². The Morgan fingerprint density at radius 1 is 1.05 bits per heavy atom. The molecular formula is C27H31F3N2O4S. The number of alkyl halides is 3. The van der Waals surface area contributed by atoms with Crippen molar-refractivity contribution in [3.8, 4) is 5.75 Å². The molecule has 2 aromatic rings. The number of benzene rings is 2. The van der Waals surface area contributed by atoms with Gasteiger partial charge < -0.3 is 14.5 Å². The number of nitrogens with zero attached hydrogens (tertiary/aromatic N) is 2. The zero-order chi connectivity index (χ0) is 27.0. The Labute approximate surface area is 215 Å². The molecule has 200 valence electrons. The number of methoxy groups -OCH3 is 1. The van der Waals surface area contributed by atoms with Crippen LogP contribution >= 0.6 is 0 Å². The summed E-state index contributed by atoms with van der Waals surface area (Å²) in [5.74, 6) is 0.0180. The summed E-state index contributed by atoms with van der Waals surface area (Å²) in [6.45, 7) is 4.56. The summed E-state index contributed by atoms with van der Waals surface area (Å²) in [7, 11) is -2.16. The predicted octanol–water partition coefficient (Wildman–Crippen LogP) is 5.46. The Balaban J connectivity index is 1.56. The van der Waals surface area contributed by atoms with Crippen LogP contribution in [0.5, 0.6) is 5.75 Å². The molecule has 2 aromatic carbocycles. The Morgan fingerprint density at radius 3 is 2.38 bits per heavy atom. The minimum atomic E-state index is -4.64. The third-order valence-electron chi connectivity index (χ3n) is 6.98. The van der Waals surface area contributed by atoms with Crippen LogP contribution in [0.1, 0.15) is 47.7 Å². The molecule has 1 aliphatic carbocycles. The number of allylic oxidation sites excluding steroid dienone is 2. The summed E-state index contributed by atoms with van der Waals surface area (Å²) < 4.78 is 72.8. The van der Waals surface area contributed by atoms with Crippen molar-refractivity contribution in [2.45, 2.75) is 44.2 Å². The smallest absolute Gasteiger partial charge is 0.417 e. The van der Waals surface area contributed by atoms with E-state index in [4.69, 9.17) is 4.74 Å². The molecule has 6 nitrogen and oxygen atoms in total. The normalized spacial score (nSPS) is 19.0. The number of ether oxygens (including phenoxy) is 1. The van der Waals surface area contributed by atoms with Crippen molar-refractivity contribution < 1.29 is 31.1 Å². The topological polar surface area (TPSA) is 66.9 Å². The first-order chi connectivity index (χ1) is 17.4. The van der Waals surface area contributed by atoms with Gasteiger partial charge >= 0.3 is 6.18 Å². The molecule has 0 bridgehead atoms. The van der Waals surface area contributed by atoms with E-state index in [-0.39, 0.29) is 29.5 Å². The first-order valence-electron chi connectivity index (χ1n) is 12.3. The molecule has 0 saturated carbocycles. The quantitative estimate of drug-likeness (QED) is 0.508. The van der Waals surface area contributed by atoms with E-state index in [9.17, 15) is 26.4 Å². The number of anilines is 1. The highest BCUT2D eigenvalue weighted by Gasteiger charge is 2.37. The molecular weight excluding hydrogens is 505 g/mol. The number of hydrogen-bond donors (Lipinski definition) is 0. The number of hydrogen-bond acceptors (Lipinski definition) is 5. The lowest BCUT2D eigenvalue weighted by Crippen LogP contribution is -2.49. The van der Waals surface area contributed by atoms with Crippen LogP contribution in [0, 0.1) is 12.8 Å². The molecule has 1 fully saturated rings. The van der Waals surface area contributed by atoms with Crippen molar-refractivity contribution in [1.29, 1.82) is 0 Å². The molecule has 1 saturated heterocycles. The summed E-state index contributed by atoms with van der Waals surface area (Å²) in [5, 5.41) is 0. The number of piperazine rings is 1. The molecule has 1 unspecified atom stereocenters. The summed E-state index contributed by atoms with van der Waals surface area (Å²) in [5.41, 5.74) is -0.307. The molecule has 1 heterocycles. The van der Waals surface area contributed by atoms with Gasteiger partial charge in [0.25, 0.3) is 5.91 Å². The van der Waals surface area contributed by atoms with Gasteiger partial charge in [0.2, 0.25) is 9.84 Å². The molecule has 1 aliphatic heterocycles. The van der Waals surface area contributed by atoms with E-state index in [0.717, 1.165) is 18.9 Å². The van der Waals surface area contributed by atoms with Gasteiger partial charge in [0, 0.05) is 31.1 Å². The molecule has 37 heavy (non-hydrogen) atoms. The van der Waals surface area contributed by atoms with Crippen LogP contribution in [-0.4, -0.2) is 52.5 Å². The fourth-order valence-electron chi connectivity index (χ4n) is 4.94. The number of aryl methyl sites for hydroxylation is 1. The molecule has 2 aliphatic rings. The van der Waals surface area contributed by atoms with Crippen LogP contribution in [0.15, 0.2) is 52.3 Å². The van der Waals surface area contributed by atoms with Crippen molar-refractivity contribution in [2.75, 3.05) is 38.2 Å². The standard InChI is InChI=1S/C27H31F3N2O4S/c1-18-5-4-6-20(15-18)37(34,35)21-8-10-25(36-3)24(17-21)31-11-13-32(14-12-31)26(33)22-9-7-19(2)16-23(22)27(28,29)30/h7-10,15-18H,4-6,11-14H2,1-3H3. The zero-order valence-electron chi connectivity index (χ0n) is 21.1. The van der Waals surface area contributed by atoms with E-state index >= 15 is 0 Å². The van der Waals surface area contributed by atoms with Gasteiger partial charge in [-0.2, -0.15) is 13.2 Å². The molecule has 1 atom stereocenters. The van der Waals surface area contributed by atoms with E-state index in [1.54, 1.807) is 19.1 Å². The second-order valence-electron chi connectivity index (χ2n) is 9.67. The van der Waals surface area contributed by atoms with Gasteiger partial charge in [0.15, 0.2) is 0 Å². The number of sulfone groups is 1. The second-order valence-corrected chi connectivity index (χ2v) is 11.7. The molecule has 0 N–H and O–H groups in total. The highest BCUT2D eigenvalue weighted by atomic mass is 32.2. The maximum Gasteiger partial charge on any atom is 0.417 e. The molecule has 10 heteroatoms. The highest BCUT2D eigenvalue weighted by Crippen LogP contribution is 2.37. The van der Waals surface area contributed by atoms with Crippen molar-refractivity contribution >= 4 is 21.4 Å². The second kappa shape index (κ2) is 10.4. The number of amides is 1. The fourth-order valence-corrected chi connectivity index (χ4v) is 6.58. The van der Waals surface area contributed by atoms with Gasteiger partial charge in [-0.1, -0.05) is 24.6 Å². The van der Waals surface area contributed by atoms with E-state index in [2.05, 4.69) is 0 Å². The molecule has 0 aromatic heterocycles. The molecule has 4 rings (SSSR count). The number of carbonyl (C=O) groups is 1. The van der Waals surface area contributed by atoms with Gasteiger partial charge in [-0.25, -0.2) is 8.42 Å². The minimum absolute atomic E-state index is 0.177. The van der Waals surface area contributed by atoms with Crippen molar-refractivity contribution in [1.82, 2.24) is 4.90 Å². The third-order valence-corrected chi connectivity index (χ3v) is 8.88. The fraction of sp³-hybridized carbons (Fsp3) is 0.444. The summed E-state index contributed by atoms with van der Waals surface area (Å²) >= 11 is 0. The number of carbonyl (C=O) groups excluding carboxylic acids is 1. The lowest BCUT2D eigenvalue weighted by Gasteiger charge is -2.37. The summed E-state index contributed by atoms with van der Waals surface area (Å²) in [6, 6.07) is 8.46. The average molecular weight is 537 g/mol. The Bertz CT molecular complexity index is 1310. The first kappa shape index (κ1) is 27.0. The monoisotopic (exact) mass is 536 g/mol. The van der Waals surface area contributed by atoms with Gasteiger partial charge in [-0.05, 0) is 62.4 Å². The summed E-state index contributed by atoms with van der Waals surface area (Å²) in [4.78, 5) is 16.9.